The van der Waals surface area contributed by atoms with Gasteiger partial charge in [0.1, 0.15) is 5.75 Å². The molecule has 2 rings (SSSR count). The molecule has 0 spiro atoms. The summed E-state index contributed by atoms with van der Waals surface area (Å²) in [5.74, 6) is -1.86. The molecular formula is C13H9BrN2O4. The minimum absolute atomic E-state index is 0.0812. The number of carboxylic acids is 1. The predicted octanol–water partition coefficient (Wildman–Crippen LogP) is 2.50. The molecule has 0 atom stereocenters. The molecule has 2 aromatic rings. The largest absolute Gasteiger partial charge is 0.507 e. The van der Waals surface area contributed by atoms with Crippen molar-refractivity contribution in [2.75, 3.05) is 5.32 Å². The Labute approximate surface area is 122 Å². The van der Waals surface area contributed by atoms with E-state index in [1.54, 1.807) is 0 Å². The SMILES string of the molecule is O=C(Nc1cccnc1C(=O)O)c1ccc(Br)c(O)c1. The second-order valence-electron chi connectivity index (χ2n) is 3.83. The van der Waals surface area contributed by atoms with Crippen LogP contribution >= 0.6 is 15.9 Å². The van der Waals surface area contributed by atoms with Crippen molar-refractivity contribution in [2.24, 2.45) is 0 Å². The van der Waals surface area contributed by atoms with E-state index in [1.165, 1.54) is 36.5 Å². The molecule has 0 fully saturated rings. The molecule has 6 nitrogen and oxygen atoms in total. The van der Waals surface area contributed by atoms with E-state index in [9.17, 15) is 14.7 Å². The maximum absolute atomic E-state index is 12.0. The van der Waals surface area contributed by atoms with E-state index >= 15 is 0 Å². The number of anilines is 1. The summed E-state index contributed by atoms with van der Waals surface area (Å²) in [4.78, 5) is 26.7. The molecule has 7 heteroatoms. The van der Waals surface area contributed by atoms with E-state index in [4.69, 9.17) is 5.11 Å². The third kappa shape index (κ3) is 2.94. The number of carbonyl (C=O) groups is 2. The zero-order valence-corrected chi connectivity index (χ0v) is 11.6. The van der Waals surface area contributed by atoms with Crippen LogP contribution in [0.15, 0.2) is 41.0 Å². The Bertz CT molecular complexity index is 688. The normalized spacial score (nSPS) is 10.1. The minimum atomic E-state index is -1.24. The highest BCUT2D eigenvalue weighted by Gasteiger charge is 2.15. The number of carbonyl (C=O) groups excluding carboxylic acids is 1. The number of aromatic hydroxyl groups is 1. The summed E-state index contributed by atoms with van der Waals surface area (Å²) in [5, 5.41) is 20.9. The molecule has 3 N–H and O–H groups in total. The van der Waals surface area contributed by atoms with E-state index in [2.05, 4.69) is 26.2 Å². The third-order valence-electron chi connectivity index (χ3n) is 2.47. The second-order valence-corrected chi connectivity index (χ2v) is 4.68. The van der Waals surface area contributed by atoms with Crippen LogP contribution in [0.25, 0.3) is 0 Å². The summed E-state index contributed by atoms with van der Waals surface area (Å²) in [5.41, 5.74) is 0.0421. The van der Waals surface area contributed by atoms with Crippen LogP contribution in [0.3, 0.4) is 0 Å². The Morgan fingerprint density at radius 3 is 2.65 bits per heavy atom. The lowest BCUT2D eigenvalue weighted by atomic mass is 10.2. The molecule has 0 aliphatic carbocycles. The fraction of sp³-hybridized carbons (Fsp3) is 0. The van der Waals surface area contributed by atoms with Gasteiger partial charge in [-0.15, -0.1) is 0 Å². The van der Waals surface area contributed by atoms with Gasteiger partial charge in [0.2, 0.25) is 0 Å². The highest BCUT2D eigenvalue weighted by Crippen LogP contribution is 2.25. The molecule has 0 unspecified atom stereocenters. The summed E-state index contributed by atoms with van der Waals surface area (Å²) in [6, 6.07) is 7.24. The van der Waals surface area contributed by atoms with Crippen molar-refractivity contribution in [1.29, 1.82) is 0 Å². The number of amides is 1. The number of rotatable bonds is 3. The number of carboxylic acid groups (broad SMARTS) is 1. The van der Waals surface area contributed by atoms with Crippen LogP contribution in [-0.4, -0.2) is 27.1 Å². The van der Waals surface area contributed by atoms with Gasteiger partial charge in [0.15, 0.2) is 5.69 Å². The predicted molar refractivity (Wildman–Crippen MR) is 75.0 cm³/mol. The zero-order chi connectivity index (χ0) is 14.7. The molecule has 0 saturated heterocycles. The van der Waals surface area contributed by atoms with Gasteiger partial charge >= 0.3 is 5.97 Å². The maximum Gasteiger partial charge on any atom is 0.356 e. The number of aromatic carboxylic acids is 1. The Morgan fingerprint density at radius 1 is 1.25 bits per heavy atom. The molecule has 20 heavy (non-hydrogen) atoms. The topological polar surface area (TPSA) is 99.5 Å². The summed E-state index contributed by atoms with van der Waals surface area (Å²) < 4.78 is 0.460. The van der Waals surface area contributed by atoms with Crippen molar-refractivity contribution in [2.45, 2.75) is 0 Å². The second kappa shape index (κ2) is 5.70. The van der Waals surface area contributed by atoms with Gasteiger partial charge in [-0.2, -0.15) is 0 Å². The van der Waals surface area contributed by atoms with E-state index in [1.807, 2.05) is 0 Å². The Balaban J connectivity index is 2.28. The van der Waals surface area contributed by atoms with Crippen LogP contribution in [0.4, 0.5) is 5.69 Å². The van der Waals surface area contributed by atoms with Crippen molar-refractivity contribution in [3.63, 3.8) is 0 Å². The number of phenols is 1. The zero-order valence-electron chi connectivity index (χ0n) is 10.0. The monoisotopic (exact) mass is 336 g/mol. The molecule has 1 aromatic heterocycles. The lowest BCUT2D eigenvalue weighted by Gasteiger charge is -2.08. The van der Waals surface area contributed by atoms with Crippen molar-refractivity contribution in [3.8, 4) is 5.75 Å². The summed E-state index contributed by atoms with van der Waals surface area (Å²) in [6.45, 7) is 0. The molecule has 1 aromatic carbocycles. The number of nitrogens with one attached hydrogen (secondary N) is 1. The van der Waals surface area contributed by atoms with Crippen molar-refractivity contribution in [3.05, 3.63) is 52.3 Å². The van der Waals surface area contributed by atoms with Gasteiger partial charge in [-0.25, -0.2) is 9.78 Å². The Morgan fingerprint density at radius 2 is 2.00 bits per heavy atom. The smallest absolute Gasteiger partial charge is 0.356 e. The molecule has 0 bridgehead atoms. The Hall–Kier alpha value is -2.41. The average molecular weight is 337 g/mol. The fourth-order valence-electron chi connectivity index (χ4n) is 1.52. The summed E-state index contributed by atoms with van der Waals surface area (Å²) in [6.07, 6.45) is 1.32. The highest BCUT2D eigenvalue weighted by molar-refractivity contribution is 9.10. The van der Waals surface area contributed by atoms with Crippen LogP contribution in [0.5, 0.6) is 5.75 Å². The first kappa shape index (κ1) is 14.0. The number of nitrogens with zero attached hydrogens (tertiary/aromatic N) is 1. The molecule has 1 amide bonds. The number of hydrogen-bond donors (Lipinski definition) is 3. The van der Waals surface area contributed by atoms with Crippen LogP contribution < -0.4 is 5.32 Å². The van der Waals surface area contributed by atoms with Gasteiger partial charge in [-0.05, 0) is 46.3 Å². The number of benzene rings is 1. The lowest BCUT2D eigenvalue weighted by Crippen LogP contribution is -2.15. The molecule has 0 radical (unpaired) electrons. The fourth-order valence-corrected chi connectivity index (χ4v) is 1.77. The molecule has 1 heterocycles. The van der Waals surface area contributed by atoms with Gasteiger partial charge in [-0.3, -0.25) is 4.79 Å². The number of hydrogen-bond acceptors (Lipinski definition) is 4. The van der Waals surface area contributed by atoms with Crippen LogP contribution in [0, 0.1) is 0 Å². The average Bonchev–Trinajstić information content (AvgIpc) is 2.42. The van der Waals surface area contributed by atoms with Gasteiger partial charge in [0, 0.05) is 11.8 Å². The maximum atomic E-state index is 12.0. The van der Waals surface area contributed by atoms with Crippen molar-refractivity contribution < 1.29 is 19.8 Å². The number of aromatic nitrogens is 1. The van der Waals surface area contributed by atoms with E-state index in [0.717, 1.165) is 0 Å². The molecule has 102 valence electrons. The van der Waals surface area contributed by atoms with Crippen LogP contribution in [0.2, 0.25) is 0 Å². The first-order valence-electron chi connectivity index (χ1n) is 5.47. The standard InChI is InChI=1S/C13H9BrN2O4/c14-8-4-3-7(6-10(8)17)12(18)16-9-2-1-5-15-11(9)13(19)20/h1-6,17H,(H,16,18)(H,19,20). The van der Waals surface area contributed by atoms with Gasteiger partial charge in [0.05, 0.1) is 10.2 Å². The van der Waals surface area contributed by atoms with Gasteiger partial charge in [-0.1, -0.05) is 0 Å². The highest BCUT2D eigenvalue weighted by atomic mass is 79.9. The molecule has 0 aliphatic rings. The van der Waals surface area contributed by atoms with E-state index < -0.39 is 11.9 Å². The molecular weight excluding hydrogens is 328 g/mol. The van der Waals surface area contributed by atoms with Crippen LogP contribution in [-0.2, 0) is 0 Å². The molecule has 0 saturated carbocycles. The van der Waals surface area contributed by atoms with E-state index in [0.29, 0.717) is 4.47 Å². The van der Waals surface area contributed by atoms with Crippen LogP contribution in [0.1, 0.15) is 20.8 Å². The summed E-state index contributed by atoms with van der Waals surface area (Å²) >= 11 is 3.11. The number of pyridine rings is 1. The van der Waals surface area contributed by atoms with Gasteiger partial charge < -0.3 is 15.5 Å². The summed E-state index contributed by atoms with van der Waals surface area (Å²) in [7, 11) is 0. The van der Waals surface area contributed by atoms with Crippen molar-refractivity contribution >= 4 is 33.5 Å². The lowest BCUT2D eigenvalue weighted by molar-refractivity contribution is 0.0691. The molecule has 0 aliphatic heterocycles. The Kier molecular flexibility index (Phi) is 3.99. The quantitative estimate of drug-likeness (QED) is 0.799. The number of halogens is 1. The van der Waals surface area contributed by atoms with Gasteiger partial charge in [0.25, 0.3) is 5.91 Å². The van der Waals surface area contributed by atoms with Crippen molar-refractivity contribution in [1.82, 2.24) is 4.98 Å². The minimum Gasteiger partial charge on any atom is -0.507 e. The number of phenolic OH excluding ortho intramolecular Hbond substituents is 1. The third-order valence-corrected chi connectivity index (χ3v) is 3.14. The first-order valence-corrected chi connectivity index (χ1v) is 6.26. The first-order chi connectivity index (χ1) is 9.49. The van der Waals surface area contributed by atoms with E-state index in [-0.39, 0.29) is 22.7 Å².